The van der Waals surface area contributed by atoms with Crippen LogP contribution in [0.15, 0.2) is 42.5 Å². The first-order chi connectivity index (χ1) is 14.2. The van der Waals surface area contributed by atoms with Gasteiger partial charge in [0.1, 0.15) is 18.0 Å². The third-order valence-corrected chi connectivity index (χ3v) is 4.75. The summed E-state index contributed by atoms with van der Waals surface area (Å²) in [6.45, 7) is 6.11. The van der Waals surface area contributed by atoms with Crippen LogP contribution in [0.2, 0.25) is 0 Å². The number of hydrogen-bond acceptors (Lipinski definition) is 6. The fourth-order valence-corrected chi connectivity index (χ4v) is 3.43. The SMILES string of the molecule is COC(=O)[C@H]1c2ccc(OCc3cccc(N)c3)cc2CCN1C(=O)OC(C)(C)C. The highest BCUT2D eigenvalue weighted by atomic mass is 16.6. The van der Waals surface area contributed by atoms with Crippen molar-refractivity contribution in [2.75, 3.05) is 19.4 Å². The van der Waals surface area contributed by atoms with E-state index in [4.69, 9.17) is 19.9 Å². The molecule has 0 aromatic heterocycles. The van der Waals surface area contributed by atoms with Crippen LogP contribution < -0.4 is 10.5 Å². The lowest BCUT2D eigenvalue weighted by Gasteiger charge is -2.36. The summed E-state index contributed by atoms with van der Waals surface area (Å²) in [6, 6.07) is 12.2. The third kappa shape index (κ3) is 5.03. The first-order valence-electron chi connectivity index (χ1n) is 9.85. The van der Waals surface area contributed by atoms with E-state index in [0.717, 1.165) is 16.7 Å². The molecule has 0 bridgehead atoms. The Labute approximate surface area is 176 Å². The summed E-state index contributed by atoms with van der Waals surface area (Å²) in [4.78, 5) is 26.6. The van der Waals surface area contributed by atoms with Crippen LogP contribution in [-0.4, -0.2) is 36.2 Å². The van der Waals surface area contributed by atoms with Gasteiger partial charge in [0, 0.05) is 12.2 Å². The van der Waals surface area contributed by atoms with Gasteiger partial charge in [-0.3, -0.25) is 4.90 Å². The number of nitrogen functional groups attached to an aromatic ring is 1. The van der Waals surface area contributed by atoms with Crippen LogP contribution in [0.4, 0.5) is 10.5 Å². The lowest BCUT2D eigenvalue weighted by Crippen LogP contribution is -2.46. The zero-order valence-corrected chi connectivity index (χ0v) is 17.8. The van der Waals surface area contributed by atoms with Crippen LogP contribution in [0, 0.1) is 0 Å². The molecule has 7 heteroatoms. The third-order valence-electron chi connectivity index (χ3n) is 4.75. The van der Waals surface area contributed by atoms with Crippen LogP contribution in [0.5, 0.6) is 5.75 Å². The van der Waals surface area contributed by atoms with E-state index in [0.29, 0.717) is 31.0 Å². The summed E-state index contributed by atoms with van der Waals surface area (Å²) in [5.74, 6) is 0.181. The number of fused-ring (bicyclic) bond motifs is 1. The summed E-state index contributed by atoms with van der Waals surface area (Å²) in [5.41, 5.74) is 8.46. The highest BCUT2D eigenvalue weighted by molar-refractivity contribution is 5.84. The minimum absolute atomic E-state index is 0.348. The van der Waals surface area contributed by atoms with Gasteiger partial charge in [0.05, 0.1) is 7.11 Å². The normalized spacial score (nSPS) is 15.9. The Balaban J connectivity index is 1.81. The molecule has 30 heavy (non-hydrogen) atoms. The molecule has 0 saturated heterocycles. The molecule has 0 spiro atoms. The number of rotatable bonds is 4. The lowest BCUT2D eigenvalue weighted by molar-refractivity contribution is -0.147. The molecule has 1 heterocycles. The molecule has 0 unspecified atom stereocenters. The standard InChI is InChI=1S/C23H28N2O5/c1-23(2,3)30-22(27)25-11-10-16-13-18(8-9-19(16)20(25)21(26)28-4)29-14-15-6-5-7-17(24)12-15/h5-9,12-13,20H,10-11,14,24H2,1-4H3/t20-/m1/s1. The summed E-state index contributed by atoms with van der Waals surface area (Å²) < 4.78 is 16.4. The molecule has 1 atom stereocenters. The minimum Gasteiger partial charge on any atom is -0.489 e. The molecule has 7 nitrogen and oxygen atoms in total. The van der Waals surface area contributed by atoms with Crippen molar-refractivity contribution in [3.8, 4) is 5.75 Å². The van der Waals surface area contributed by atoms with Gasteiger partial charge in [-0.15, -0.1) is 0 Å². The number of carbonyl (C=O) groups excluding carboxylic acids is 2. The molecule has 0 fully saturated rings. The number of amides is 1. The summed E-state index contributed by atoms with van der Waals surface area (Å²) >= 11 is 0. The highest BCUT2D eigenvalue weighted by Crippen LogP contribution is 2.34. The maximum Gasteiger partial charge on any atom is 0.411 e. The number of esters is 1. The minimum atomic E-state index is -0.850. The molecule has 1 aliphatic heterocycles. The van der Waals surface area contributed by atoms with Gasteiger partial charge < -0.3 is 19.9 Å². The van der Waals surface area contributed by atoms with Gasteiger partial charge in [-0.25, -0.2) is 9.59 Å². The second kappa shape index (κ2) is 8.65. The lowest BCUT2D eigenvalue weighted by atomic mass is 9.92. The van der Waals surface area contributed by atoms with Crippen molar-refractivity contribution in [3.05, 3.63) is 59.2 Å². The molecule has 0 aliphatic carbocycles. The van der Waals surface area contributed by atoms with E-state index >= 15 is 0 Å². The monoisotopic (exact) mass is 412 g/mol. The Bertz CT molecular complexity index is 935. The summed E-state index contributed by atoms with van der Waals surface area (Å²) in [5, 5.41) is 0. The number of ether oxygens (including phenoxy) is 3. The second-order valence-corrected chi connectivity index (χ2v) is 8.24. The van der Waals surface area contributed by atoms with Crippen LogP contribution in [0.1, 0.15) is 43.5 Å². The number of anilines is 1. The Morgan fingerprint density at radius 1 is 1.17 bits per heavy atom. The number of benzene rings is 2. The number of carbonyl (C=O) groups is 2. The van der Waals surface area contributed by atoms with Crippen LogP contribution in [-0.2, 0) is 27.3 Å². The molecule has 2 aromatic carbocycles. The fraction of sp³-hybridized carbons (Fsp3) is 0.391. The Kier molecular flexibility index (Phi) is 6.20. The molecule has 1 aliphatic rings. The predicted molar refractivity (Wildman–Crippen MR) is 113 cm³/mol. The average molecular weight is 412 g/mol. The zero-order chi connectivity index (χ0) is 21.9. The van der Waals surface area contributed by atoms with E-state index < -0.39 is 23.7 Å². The highest BCUT2D eigenvalue weighted by Gasteiger charge is 2.39. The molecule has 3 rings (SSSR count). The Morgan fingerprint density at radius 2 is 1.93 bits per heavy atom. The summed E-state index contributed by atoms with van der Waals surface area (Å²) in [6.07, 6.45) is 0.0444. The quantitative estimate of drug-likeness (QED) is 0.606. The largest absolute Gasteiger partial charge is 0.489 e. The van der Waals surface area contributed by atoms with Crippen molar-refractivity contribution in [3.63, 3.8) is 0 Å². The van der Waals surface area contributed by atoms with Crippen molar-refractivity contribution in [1.29, 1.82) is 0 Å². The average Bonchev–Trinajstić information content (AvgIpc) is 2.69. The number of nitrogens with two attached hydrogens (primary N) is 1. The molecular formula is C23H28N2O5. The molecule has 0 saturated carbocycles. The van der Waals surface area contributed by atoms with Crippen molar-refractivity contribution in [2.45, 2.75) is 45.4 Å². The van der Waals surface area contributed by atoms with Crippen molar-refractivity contribution in [2.24, 2.45) is 0 Å². The van der Waals surface area contributed by atoms with Crippen LogP contribution >= 0.6 is 0 Å². The molecular weight excluding hydrogens is 384 g/mol. The van der Waals surface area contributed by atoms with Gasteiger partial charge in [0.25, 0.3) is 0 Å². The zero-order valence-electron chi connectivity index (χ0n) is 17.8. The van der Waals surface area contributed by atoms with Gasteiger partial charge in [-0.1, -0.05) is 18.2 Å². The van der Waals surface area contributed by atoms with Crippen molar-refractivity contribution in [1.82, 2.24) is 4.90 Å². The molecule has 0 radical (unpaired) electrons. The summed E-state index contributed by atoms with van der Waals surface area (Å²) in [7, 11) is 1.31. The van der Waals surface area contributed by atoms with Gasteiger partial charge in [0.2, 0.25) is 0 Å². The van der Waals surface area contributed by atoms with E-state index in [1.54, 1.807) is 26.8 Å². The fourth-order valence-electron chi connectivity index (χ4n) is 3.43. The van der Waals surface area contributed by atoms with E-state index in [2.05, 4.69) is 0 Å². The number of hydrogen-bond donors (Lipinski definition) is 1. The maximum absolute atomic E-state index is 12.7. The molecule has 2 N–H and O–H groups in total. The van der Waals surface area contributed by atoms with Crippen molar-refractivity contribution >= 4 is 17.7 Å². The van der Waals surface area contributed by atoms with E-state index in [1.165, 1.54) is 12.0 Å². The smallest absolute Gasteiger partial charge is 0.411 e. The topological polar surface area (TPSA) is 91.1 Å². The van der Waals surface area contributed by atoms with E-state index in [9.17, 15) is 9.59 Å². The molecule has 160 valence electrons. The number of nitrogens with zero attached hydrogens (tertiary/aromatic N) is 1. The number of methoxy groups -OCH3 is 1. The van der Waals surface area contributed by atoms with Gasteiger partial charge in [0.15, 0.2) is 6.04 Å². The van der Waals surface area contributed by atoms with Crippen LogP contribution in [0.25, 0.3) is 0 Å². The second-order valence-electron chi connectivity index (χ2n) is 8.24. The van der Waals surface area contributed by atoms with Crippen molar-refractivity contribution < 1.29 is 23.8 Å². The van der Waals surface area contributed by atoms with Crippen LogP contribution in [0.3, 0.4) is 0 Å². The van der Waals surface area contributed by atoms with Gasteiger partial charge >= 0.3 is 12.1 Å². The molecule has 1 amide bonds. The molecule has 2 aromatic rings. The first kappa shape index (κ1) is 21.5. The Hall–Kier alpha value is -3.22. The maximum atomic E-state index is 12.7. The first-order valence-corrected chi connectivity index (χ1v) is 9.85. The van der Waals surface area contributed by atoms with Gasteiger partial charge in [-0.05, 0) is 68.1 Å². The predicted octanol–water partition coefficient (Wildman–Crippen LogP) is 3.86. The van der Waals surface area contributed by atoms with E-state index in [1.807, 2.05) is 36.4 Å². The van der Waals surface area contributed by atoms with Gasteiger partial charge in [-0.2, -0.15) is 0 Å². The Morgan fingerprint density at radius 3 is 2.60 bits per heavy atom. The van der Waals surface area contributed by atoms with E-state index in [-0.39, 0.29) is 0 Å².